The minimum atomic E-state index is -3.37. The number of fused-ring (bicyclic) bond motifs is 1. The van der Waals surface area contributed by atoms with Gasteiger partial charge in [0.05, 0.1) is 18.0 Å². The lowest BCUT2D eigenvalue weighted by Gasteiger charge is -2.45. The van der Waals surface area contributed by atoms with Crippen molar-refractivity contribution in [1.82, 2.24) is 0 Å². The lowest BCUT2D eigenvalue weighted by Crippen LogP contribution is -2.49. The van der Waals surface area contributed by atoms with E-state index in [-0.39, 0.29) is 46.0 Å². The number of allylic oxidation sites excluding steroid dienone is 1. The quantitative estimate of drug-likeness (QED) is 0.224. The highest BCUT2D eigenvalue weighted by atomic mass is 32.2. The molecule has 0 radical (unpaired) electrons. The molecule has 2 saturated carbocycles. The van der Waals surface area contributed by atoms with Crippen LogP contribution >= 0.6 is 0 Å². The first-order valence-corrected chi connectivity index (χ1v) is 24.2. The maximum absolute atomic E-state index is 14.1. The first kappa shape index (κ1) is 34.6. The Labute approximate surface area is 260 Å². The summed E-state index contributed by atoms with van der Waals surface area (Å²) in [5.41, 5.74) is 3.61. The van der Waals surface area contributed by atoms with Gasteiger partial charge in [-0.3, -0.25) is 0 Å². The van der Waals surface area contributed by atoms with Crippen molar-refractivity contribution in [1.29, 1.82) is 0 Å². The van der Waals surface area contributed by atoms with Gasteiger partial charge in [0.1, 0.15) is 5.25 Å². The molecule has 0 saturated heterocycles. The lowest BCUT2D eigenvalue weighted by molar-refractivity contribution is 0.0688. The van der Waals surface area contributed by atoms with E-state index >= 15 is 0 Å². The topological polar surface area (TPSA) is 72.8 Å². The first-order chi connectivity index (χ1) is 19.0. The van der Waals surface area contributed by atoms with Crippen molar-refractivity contribution in [2.24, 2.45) is 23.2 Å². The molecule has 0 spiro atoms. The van der Waals surface area contributed by atoms with Gasteiger partial charge in [0.15, 0.2) is 26.5 Å². The molecule has 0 amide bonds. The number of aliphatic hydroxyl groups excluding tert-OH is 1. The minimum absolute atomic E-state index is 0.0218. The third-order valence-electron chi connectivity index (χ3n) is 12.7. The molecule has 3 aliphatic carbocycles. The van der Waals surface area contributed by atoms with E-state index in [1.54, 1.807) is 0 Å². The highest BCUT2D eigenvalue weighted by molar-refractivity contribution is 7.92. The molecule has 0 aromatic rings. The van der Waals surface area contributed by atoms with E-state index in [4.69, 9.17) is 8.85 Å². The van der Waals surface area contributed by atoms with Crippen molar-refractivity contribution in [3.63, 3.8) is 0 Å². The molecule has 2 fully saturated rings. The molecule has 1 aliphatic heterocycles. The van der Waals surface area contributed by atoms with Crippen molar-refractivity contribution in [3.8, 4) is 0 Å². The Morgan fingerprint density at radius 2 is 1.60 bits per heavy atom. The minimum Gasteiger partial charge on any atom is -0.414 e. The lowest BCUT2D eigenvalue weighted by atomic mass is 9.61. The van der Waals surface area contributed by atoms with Crippen LogP contribution in [-0.4, -0.2) is 60.0 Å². The standard InChI is InChI=1S/C34H62O5SSi2/c1-23(21-35)28-15-16-29-24(14-13-17-34(28,29)8)18-31-26-19-25(38-41(9,10)32(2,3)4)20-30(27(26)22-40(31,36)37)39-42(11,12)33(5,6)7/h18,23,25,28-31,35H,13-17,19-22H2,1-12H3/b24-18+. The number of sulfone groups is 1. The molecule has 4 rings (SSSR count). The summed E-state index contributed by atoms with van der Waals surface area (Å²) in [6.45, 7) is 27.6. The van der Waals surface area contributed by atoms with Crippen molar-refractivity contribution < 1.29 is 22.4 Å². The Kier molecular flexibility index (Phi) is 9.49. The van der Waals surface area contributed by atoms with Crippen LogP contribution in [0.1, 0.15) is 100 Å². The van der Waals surface area contributed by atoms with Crippen molar-refractivity contribution in [2.75, 3.05) is 12.4 Å². The molecule has 4 aliphatic rings. The molecule has 242 valence electrons. The van der Waals surface area contributed by atoms with E-state index in [1.165, 1.54) is 12.0 Å². The molecule has 8 heteroatoms. The van der Waals surface area contributed by atoms with Gasteiger partial charge in [0.2, 0.25) is 0 Å². The van der Waals surface area contributed by atoms with Crippen LogP contribution in [0.2, 0.25) is 36.3 Å². The number of aliphatic hydroxyl groups is 1. The third kappa shape index (κ3) is 6.37. The van der Waals surface area contributed by atoms with E-state index in [0.29, 0.717) is 18.3 Å². The Morgan fingerprint density at radius 1 is 1.00 bits per heavy atom. The molecule has 1 heterocycles. The van der Waals surface area contributed by atoms with E-state index in [0.717, 1.165) is 43.3 Å². The van der Waals surface area contributed by atoms with Gasteiger partial charge in [-0.25, -0.2) is 8.42 Å². The largest absolute Gasteiger partial charge is 0.414 e. The molecule has 0 bridgehead atoms. The maximum atomic E-state index is 14.1. The van der Waals surface area contributed by atoms with Gasteiger partial charge in [-0.1, -0.05) is 67.0 Å². The highest BCUT2D eigenvalue weighted by Crippen LogP contribution is 2.60. The van der Waals surface area contributed by atoms with E-state index < -0.39 is 31.7 Å². The summed E-state index contributed by atoms with van der Waals surface area (Å²) in [5.74, 6) is 1.30. The fourth-order valence-corrected chi connectivity index (χ4v) is 12.8. The number of hydrogen-bond donors (Lipinski definition) is 1. The normalized spacial score (nSPS) is 35.8. The summed E-state index contributed by atoms with van der Waals surface area (Å²) in [4.78, 5) is 0. The summed E-state index contributed by atoms with van der Waals surface area (Å²) in [7, 11) is -7.58. The Hall–Kier alpha value is -0.256. The van der Waals surface area contributed by atoms with Crippen LogP contribution in [0.3, 0.4) is 0 Å². The monoisotopic (exact) mass is 638 g/mol. The van der Waals surface area contributed by atoms with Crippen molar-refractivity contribution >= 4 is 26.5 Å². The molecule has 1 N–H and O–H groups in total. The van der Waals surface area contributed by atoms with Crippen molar-refractivity contribution in [2.45, 2.75) is 154 Å². The van der Waals surface area contributed by atoms with E-state index in [2.05, 4.69) is 87.7 Å². The summed E-state index contributed by atoms with van der Waals surface area (Å²) >= 11 is 0. The third-order valence-corrected chi connectivity index (χ3v) is 23.6. The van der Waals surface area contributed by atoms with Crippen LogP contribution in [0, 0.1) is 23.2 Å². The van der Waals surface area contributed by atoms with Gasteiger partial charge in [-0.15, -0.1) is 0 Å². The van der Waals surface area contributed by atoms with E-state index in [9.17, 15) is 13.5 Å². The van der Waals surface area contributed by atoms with Crippen LogP contribution in [0.4, 0.5) is 0 Å². The first-order valence-electron chi connectivity index (χ1n) is 16.6. The number of hydrogen-bond acceptors (Lipinski definition) is 5. The molecule has 5 nitrogen and oxygen atoms in total. The smallest absolute Gasteiger partial charge is 0.192 e. The Bertz CT molecular complexity index is 1190. The second-order valence-electron chi connectivity index (χ2n) is 17.6. The number of rotatable bonds is 7. The summed E-state index contributed by atoms with van der Waals surface area (Å²) in [6.07, 6.45) is 8.90. The predicted octanol–water partition coefficient (Wildman–Crippen LogP) is 8.43. The van der Waals surface area contributed by atoms with Gasteiger partial charge in [0.25, 0.3) is 0 Å². The van der Waals surface area contributed by atoms with Crippen LogP contribution < -0.4 is 0 Å². The molecular weight excluding hydrogens is 577 g/mol. The van der Waals surface area contributed by atoms with Gasteiger partial charge in [-0.2, -0.15) is 0 Å². The predicted molar refractivity (Wildman–Crippen MR) is 180 cm³/mol. The maximum Gasteiger partial charge on any atom is 0.192 e. The summed E-state index contributed by atoms with van der Waals surface area (Å²) < 4.78 is 42.2. The Balaban J connectivity index is 1.74. The zero-order chi connectivity index (χ0) is 31.7. The van der Waals surface area contributed by atoms with Gasteiger partial charge in [-0.05, 0) is 109 Å². The molecule has 7 unspecified atom stereocenters. The zero-order valence-electron chi connectivity index (χ0n) is 28.9. The average molecular weight is 639 g/mol. The molecule has 0 aromatic heterocycles. The highest BCUT2D eigenvalue weighted by Gasteiger charge is 2.53. The molecular formula is C34H62O5SSi2. The fraction of sp³-hybridized carbons (Fsp3) is 0.882. The van der Waals surface area contributed by atoms with Gasteiger partial charge in [0, 0.05) is 13.0 Å². The molecule has 42 heavy (non-hydrogen) atoms. The van der Waals surface area contributed by atoms with Crippen molar-refractivity contribution in [3.05, 3.63) is 22.8 Å². The summed E-state index contributed by atoms with van der Waals surface area (Å²) in [5, 5.41) is 9.55. The summed E-state index contributed by atoms with van der Waals surface area (Å²) in [6, 6.07) is 0. The zero-order valence-corrected chi connectivity index (χ0v) is 31.7. The van der Waals surface area contributed by atoms with E-state index in [1.807, 2.05) is 0 Å². The van der Waals surface area contributed by atoms with Crippen LogP contribution in [0.5, 0.6) is 0 Å². The molecule has 0 aromatic carbocycles. The van der Waals surface area contributed by atoms with Gasteiger partial charge < -0.3 is 14.0 Å². The second-order valence-corrected chi connectivity index (χ2v) is 29.2. The van der Waals surface area contributed by atoms with Gasteiger partial charge >= 0.3 is 0 Å². The Morgan fingerprint density at radius 3 is 2.17 bits per heavy atom. The van der Waals surface area contributed by atoms with Crippen LogP contribution in [0.15, 0.2) is 22.8 Å². The average Bonchev–Trinajstić information content (AvgIpc) is 3.31. The second kappa shape index (κ2) is 11.5. The fourth-order valence-electron chi connectivity index (χ4n) is 8.13. The molecule has 7 atom stereocenters. The van der Waals surface area contributed by atoms with Crippen LogP contribution in [-0.2, 0) is 18.7 Å². The van der Waals surface area contributed by atoms with Crippen LogP contribution in [0.25, 0.3) is 0 Å². The SMILES string of the molecule is CC(CO)C1CCC2/C(=C/C3C4=C(CS3(=O)=O)C(O[Si](C)(C)C(C)(C)C)CC(O[Si](C)(C)C(C)(C)C)C4)CCCC21C.